The Hall–Kier alpha value is -2.34. The summed E-state index contributed by atoms with van der Waals surface area (Å²) in [5, 5.41) is 23.2. The molecule has 0 aliphatic heterocycles. The van der Waals surface area contributed by atoms with E-state index in [1.165, 1.54) is 6.33 Å². The Morgan fingerprint density at radius 3 is 2.70 bits per heavy atom. The number of nitrogens with zero attached hydrogens (tertiary/aromatic N) is 6. The van der Waals surface area contributed by atoms with Crippen molar-refractivity contribution in [1.82, 2.24) is 24.5 Å². The van der Waals surface area contributed by atoms with Gasteiger partial charge in [0.25, 0.3) is 0 Å². The molecule has 2 rings (SSSR count). The normalized spacial score (nSPS) is 11.7. The van der Waals surface area contributed by atoms with Crippen LogP contribution in [0.4, 0.5) is 5.82 Å². The van der Waals surface area contributed by atoms with E-state index in [4.69, 9.17) is 5.14 Å². The lowest BCUT2D eigenvalue weighted by atomic mass is 10.5. The summed E-state index contributed by atoms with van der Waals surface area (Å²) < 4.78 is 25.2. The van der Waals surface area contributed by atoms with Gasteiger partial charge < -0.3 is 10.1 Å². The largest absolute Gasteiger partial charge is 0.410 e. The van der Waals surface area contributed by atoms with Gasteiger partial charge in [-0.2, -0.15) is 9.78 Å². The van der Waals surface area contributed by atoms with Crippen LogP contribution in [0.2, 0.25) is 0 Å². The lowest BCUT2D eigenvalue weighted by Crippen LogP contribution is -2.13. The van der Waals surface area contributed by atoms with Crippen LogP contribution in [-0.4, -0.2) is 37.9 Å². The van der Waals surface area contributed by atoms with Crippen LogP contribution >= 0.6 is 0 Å². The van der Waals surface area contributed by atoms with Crippen LogP contribution < -0.4 is 5.14 Å². The van der Waals surface area contributed by atoms with Gasteiger partial charge in [0.1, 0.15) is 12.9 Å². The summed E-state index contributed by atoms with van der Waals surface area (Å²) in [5.41, 5.74) is 0. The molecule has 2 N–H and O–H groups in total. The van der Waals surface area contributed by atoms with Crippen molar-refractivity contribution in [2.24, 2.45) is 5.14 Å². The van der Waals surface area contributed by atoms with Crippen LogP contribution in [0, 0.1) is 10.1 Å². The lowest BCUT2D eigenvalue weighted by Gasteiger charge is -1.99. The second-order valence-electron chi connectivity index (χ2n) is 3.81. The topological polar surface area (TPSA) is 152 Å². The number of sulfonamides is 1. The molecule has 0 aromatic carbocycles. The zero-order valence-corrected chi connectivity index (χ0v) is 11.2. The first-order valence-corrected chi connectivity index (χ1v) is 6.99. The number of primary sulfonamides is 1. The molecule has 0 aliphatic carbocycles. The first-order valence-electron chi connectivity index (χ1n) is 5.44. The van der Waals surface area contributed by atoms with Crippen molar-refractivity contribution in [2.75, 3.05) is 0 Å². The van der Waals surface area contributed by atoms with E-state index in [2.05, 4.69) is 15.2 Å². The van der Waals surface area contributed by atoms with Crippen molar-refractivity contribution in [2.45, 2.75) is 24.9 Å². The number of hydrogen-bond acceptors (Lipinski definition) is 7. The molecule has 2 aromatic heterocycles. The number of rotatable bonds is 5. The maximum Gasteiger partial charge on any atom is 0.410 e. The van der Waals surface area contributed by atoms with Crippen LogP contribution in [0.3, 0.4) is 0 Å². The van der Waals surface area contributed by atoms with Gasteiger partial charge in [-0.15, -0.1) is 0 Å². The van der Waals surface area contributed by atoms with E-state index in [0.29, 0.717) is 12.4 Å². The third-order valence-corrected chi connectivity index (χ3v) is 3.39. The number of nitrogens with two attached hydrogens (primary N) is 1. The molecule has 2 aromatic rings. The molecule has 0 fully saturated rings. The van der Waals surface area contributed by atoms with E-state index < -0.39 is 25.7 Å². The molecule has 0 saturated carbocycles. The molecule has 20 heavy (non-hydrogen) atoms. The molecular weight excluding hydrogens is 290 g/mol. The van der Waals surface area contributed by atoms with E-state index in [0.717, 1.165) is 10.9 Å². The predicted molar refractivity (Wildman–Crippen MR) is 65.1 cm³/mol. The second-order valence-corrected chi connectivity index (χ2v) is 5.34. The van der Waals surface area contributed by atoms with Gasteiger partial charge in [0.2, 0.25) is 14.9 Å². The first kappa shape index (κ1) is 14.1. The Morgan fingerprint density at radius 1 is 1.50 bits per heavy atom. The second kappa shape index (κ2) is 4.97. The minimum atomic E-state index is -4.22. The van der Waals surface area contributed by atoms with Gasteiger partial charge in [-0.25, -0.2) is 23.2 Å². The molecule has 108 valence electrons. The summed E-state index contributed by atoms with van der Waals surface area (Å²) in [6.07, 6.45) is 2.33. The van der Waals surface area contributed by atoms with Crippen molar-refractivity contribution in [1.29, 1.82) is 0 Å². The van der Waals surface area contributed by atoms with Crippen molar-refractivity contribution in [3.63, 3.8) is 0 Å². The zero-order chi connectivity index (χ0) is 14.9. The summed E-state index contributed by atoms with van der Waals surface area (Å²) >= 11 is 0. The number of hydrogen-bond donors (Lipinski definition) is 1. The molecule has 0 bridgehead atoms. The number of aryl methyl sites for hydroxylation is 1. The van der Waals surface area contributed by atoms with Gasteiger partial charge >= 0.3 is 5.82 Å². The Morgan fingerprint density at radius 2 is 2.20 bits per heavy atom. The van der Waals surface area contributed by atoms with Gasteiger partial charge in [0.05, 0.1) is 11.3 Å². The Kier molecular flexibility index (Phi) is 3.50. The van der Waals surface area contributed by atoms with Gasteiger partial charge in [-0.3, -0.25) is 0 Å². The average Bonchev–Trinajstić information content (AvgIpc) is 2.95. The van der Waals surface area contributed by atoms with E-state index in [9.17, 15) is 18.5 Å². The van der Waals surface area contributed by atoms with Crippen LogP contribution in [0.1, 0.15) is 12.7 Å². The monoisotopic (exact) mass is 301 g/mol. The molecule has 0 aliphatic rings. The molecule has 2 heterocycles. The SMILES string of the molecule is CCn1ncnc1Cn1cc(S(N)(=O)=O)c([N+](=O)[O-])n1. The van der Waals surface area contributed by atoms with Crippen LogP contribution in [0.5, 0.6) is 0 Å². The standard InChI is InChI=1S/C8H11N7O4S/c1-2-14-7(10-5-11-14)4-13-3-6(20(9,18)19)8(12-13)15(16)17/h3,5H,2,4H2,1H3,(H2,9,18,19). The van der Waals surface area contributed by atoms with Crippen LogP contribution in [-0.2, 0) is 23.1 Å². The van der Waals surface area contributed by atoms with Gasteiger partial charge in [-0.05, 0) is 11.8 Å². The molecule has 0 radical (unpaired) electrons. The third kappa shape index (κ3) is 2.65. The van der Waals surface area contributed by atoms with Crippen LogP contribution in [0.15, 0.2) is 17.4 Å². The van der Waals surface area contributed by atoms with E-state index >= 15 is 0 Å². The highest BCUT2D eigenvalue weighted by Crippen LogP contribution is 2.20. The fourth-order valence-electron chi connectivity index (χ4n) is 1.62. The van der Waals surface area contributed by atoms with Gasteiger partial charge in [0.15, 0.2) is 5.82 Å². The van der Waals surface area contributed by atoms with E-state index in [-0.39, 0.29) is 6.54 Å². The van der Waals surface area contributed by atoms with Gasteiger partial charge in [0, 0.05) is 6.54 Å². The van der Waals surface area contributed by atoms with Crippen molar-refractivity contribution < 1.29 is 13.3 Å². The van der Waals surface area contributed by atoms with Crippen molar-refractivity contribution in [3.8, 4) is 0 Å². The van der Waals surface area contributed by atoms with E-state index in [1.54, 1.807) is 4.68 Å². The first-order chi connectivity index (χ1) is 9.32. The third-order valence-electron chi connectivity index (χ3n) is 2.49. The molecule has 0 saturated heterocycles. The summed E-state index contributed by atoms with van der Waals surface area (Å²) in [4.78, 5) is 13.2. The molecule has 0 unspecified atom stereocenters. The molecule has 0 amide bonds. The highest BCUT2D eigenvalue weighted by atomic mass is 32.2. The number of nitro groups is 1. The predicted octanol–water partition coefficient (Wildman–Crippen LogP) is -0.902. The Balaban J connectivity index is 2.42. The quantitative estimate of drug-likeness (QED) is 0.554. The maximum atomic E-state index is 11.3. The van der Waals surface area contributed by atoms with E-state index in [1.807, 2.05) is 6.92 Å². The van der Waals surface area contributed by atoms with Crippen molar-refractivity contribution >= 4 is 15.8 Å². The highest BCUT2D eigenvalue weighted by molar-refractivity contribution is 7.89. The molecule has 12 heteroatoms. The van der Waals surface area contributed by atoms with Gasteiger partial charge in [-0.1, -0.05) is 0 Å². The average molecular weight is 301 g/mol. The zero-order valence-electron chi connectivity index (χ0n) is 10.4. The Bertz CT molecular complexity index is 747. The fraction of sp³-hybridized carbons (Fsp3) is 0.375. The Labute approximate surface area is 113 Å². The lowest BCUT2D eigenvalue weighted by molar-refractivity contribution is -0.392. The molecule has 0 spiro atoms. The summed E-state index contributed by atoms with van der Waals surface area (Å²) in [5.74, 6) is -0.319. The van der Waals surface area contributed by atoms with Crippen LogP contribution in [0.25, 0.3) is 0 Å². The minimum Gasteiger partial charge on any atom is -0.358 e. The fourth-order valence-corrected chi connectivity index (χ4v) is 2.26. The molecule has 11 nitrogen and oxygen atoms in total. The smallest absolute Gasteiger partial charge is 0.358 e. The summed E-state index contributed by atoms with van der Waals surface area (Å²) in [7, 11) is -4.22. The summed E-state index contributed by atoms with van der Waals surface area (Å²) in [6, 6.07) is 0. The maximum absolute atomic E-state index is 11.3. The highest BCUT2D eigenvalue weighted by Gasteiger charge is 2.29. The molecular formula is C8H11N7O4S. The minimum absolute atomic E-state index is 0.0458. The number of aromatic nitrogens is 5. The summed E-state index contributed by atoms with van der Waals surface area (Å²) in [6.45, 7) is 2.45. The van der Waals surface area contributed by atoms with Crippen molar-refractivity contribution in [3.05, 3.63) is 28.5 Å². The molecule has 0 atom stereocenters.